The highest BCUT2D eigenvalue weighted by Crippen LogP contribution is 1.92. The first-order valence-corrected chi connectivity index (χ1v) is 5.93. The van der Waals surface area contributed by atoms with Crippen LogP contribution in [0.4, 0.5) is 0 Å². The molecule has 0 atom stereocenters. The number of carbonyl (C=O) groups excluding carboxylic acids is 1. The zero-order chi connectivity index (χ0) is 13.9. The highest BCUT2D eigenvalue weighted by atomic mass is 32.3. The van der Waals surface area contributed by atoms with Crippen LogP contribution in [0.5, 0.6) is 0 Å². The molecule has 0 rings (SSSR count). The fraction of sp³-hybridized carbons (Fsp3) is 0.667. The first kappa shape index (κ1) is 18.4. The fourth-order valence-electron chi connectivity index (χ4n) is 0.385. The minimum absolute atomic E-state index is 0.173. The summed E-state index contributed by atoms with van der Waals surface area (Å²) in [5, 5.41) is 0. The zero-order valence-corrected chi connectivity index (χ0v) is 11.3. The molecule has 0 aromatic heterocycles. The Kier molecular flexibility index (Phi) is 11.1. The molecule has 0 aromatic rings. The minimum Gasteiger partial charge on any atom is -0.460 e. The van der Waals surface area contributed by atoms with Crippen molar-refractivity contribution in [3.05, 3.63) is 12.7 Å². The van der Waals surface area contributed by atoms with Crippen LogP contribution in [0.15, 0.2) is 12.7 Å². The molecule has 0 fully saturated rings. The average Bonchev–Trinajstić information content (AvgIpc) is 2.23. The summed E-state index contributed by atoms with van der Waals surface area (Å²) in [5.41, 5.74) is 0. The molecule has 0 aromatic carbocycles. The van der Waals surface area contributed by atoms with E-state index in [1.807, 2.05) is 26.0 Å². The minimum atomic E-state index is -3.94. The second-order valence-corrected chi connectivity index (χ2v) is 4.50. The molecule has 0 saturated carbocycles. The van der Waals surface area contributed by atoms with E-state index >= 15 is 0 Å². The van der Waals surface area contributed by atoms with Crippen LogP contribution in [0.25, 0.3) is 0 Å². The summed E-state index contributed by atoms with van der Waals surface area (Å²) in [6, 6.07) is 0. The Balaban J connectivity index is 0. The van der Waals surface area contributed by atoms with Crippen LogP contribution in [0.1, 0.15) is 0 Å². The van der Waals surface area contributed by atoms with Gasteiger partial charge in [0.25, 0.3) is 0 Å². The van der Waals surface area contributed by atoms with Gasteiger partial charge in [-0.2, -0.15) is 8.42 Å². The number of nitrogens with zero attached hydrogens (tertiary/aromatic N) is 1. The van der Waals surface area contributed by atoms with Gasteiger partial charge >= 0.3 is 16.4 Å². The highest BCUT2D eigenvalue weighted by Gasteiger charge is 2.08. The highest BCUT2D eigenvalue weighted by molar-refractivity contribution is 7.81. The Morgan fingerprint density at radius 2 is 1.76 bits per heavy atom. The van der Waals surface area contributed by atoms with E-state index in [4.69, 9.17) is 0 Å². The normalized spacial score (nSPS) is 10.4. The van der Waals surface area contributed by atoms with E-state index in [0.29, 0.717) is 0 Å². The number of rotatable bonds is 6. The molecule has 0 unspecified atom stereocenters. The van der Waals surface area contributed by atoms with E-state index < -0.39 is 16.4 Å². The largest absolute Gasteiger partial charge is 0.460 e. The van der Waals surface area contributed by atoms with E-state index in [2.05, 4.69) is 19.7 Å². The van der Waals surface area contributed by atoms with Crippen molar-refractivity contribution >= 4 is 16.4 Å². The molecule has 7 nitrogen and oxygen atoms in total. The van der Waals surface area contributed by atoms with Crippen LogP contribution >= 0.6 is 0 Å². The van der Waals surface area contributed by atoms with Crippen molar-refractivity contribution in [2.75, 3.05) is 41.5 Å². The standard InChI is InChI=1S/C6H10O6S.C3H9N/c1-3-6(7)11-4-5-12-13(8,9)10-2;1-4(2)3/h3H,1,4-5H2,2H3;1-3H3. The van der Waals surface area contributed by atoms with Crippen LogP contribution in [0, 0.1) is 0 Å². The summed E-state index contributed by atoms with van der Waals surface area (Å²) in [6.45, 7) is 2.69. The lowest BCUT2D eigenvalue weighted by Gasteiger charge is -2.02. The third-order valence-corrected chi connectivity index (χ3v) is 1.79. The molecule has 0 N–H and O–H groups in total. The van der Waals surface area contributed by atoms with Gasteiger partial charge in [0, 0.05) is 6.08 Å². The monoisotopic (exact) mass is 269 g/mol. The molecule has 0 aliphatic rings. The van der Waals surface area contributed by atoms with E-state index in [-0.39, 0.29) is 13.2 Å². The molecule has 0 bridgehead atoms. The maximum Gasteiger partial charge on any atom is 0.399 e. The molecule has 102 valence electrons. The van der Waals surface area contributed by atoms with Gasteiger partial charge < -0.3 is 9.64 Å². The van der Waals surface area contributed by atoms with Crippen molar-refractivity contribution in [1.29, 1.82) is 0 Å². The molecule has 0 saturated heterocycles. The summed E-state index contributed by atoms with van der Waals surface area (Å²) in [5.74, 6) is -0.640. The maximum atomic E-state index is 10.5. The van der Waals surface area contributed by atoms with Crippen LogP contribution in [0.3, 0.4) is 0 Å². The molecular formula is C9H19NO6S. The Morgan fingerprint density at radius 3 is 2.12 bits per heavy atom. The van der Waals surface area contributed by atoms with Gasteiger partial charge in [0.05, 0.1) is 7.11 Å². The van der Waals surface area contributed by atoms with E-state index in [1.165, 1.54) is 0 Å². The zero-order valence-electron chi connectivity index (χ0n) is 10.5. The number of hydrogen-bond acceptors (Lipinski definition) is 7. The lowest BCUT2D eigenvalue weighted by molar-refractivity contribution is -0.138. The third-order valence-electron chi connectivity index (χ3n) is 0.926. The van der Waals surface area contributed by atoms with Gasteiger partial charge in [0.2, 0.25) is 0 Å². The Bertz CT molecular complexity index is 309. The SMILES string of the molecule is C=CC(=O)OCCOS(=O)(=O)OC.CN(C)C. The maximum absolute atomic E-state index is 10.5. The van der Waals surface area contributed by atoms with E-state index in [0.717, 1.165) is 13.2 Å². The first-order valence-electron chi connectivity index (χ1n) is 4.60. The molecule has 17 heavy (non-hydrogen) atoms. The summed E-state index contributed by atoms with van der Waals surface area (Å²) >= 11 is 0. The Hall–Kier alpha value is -0.960. The number of carbonyl (C=O) groups is 1. The van der Waals surface area contributed by atoms with E-state index in [1.54, 1.807) is 0 Å². The molecule has 8 heteroatoms. The van der Waals surface area contributed by atoms with Gasteiger partial charge in [-0.05, 0) is 21.1 Å². The summed E-state index contributed by atoms with van der Waals surface area (Å²) in [4.78, 5) is 12.4. The number of ether oxygens (including phenoxy) is 1. The smallest absolute Gasteiger partial charge is 0.399 e. The quantitative estimate of drug-likeness (QED) is 0.375. The Labute approximate surface area is 102 Å². The molecule has 0 aliphatic heterocycles. The molecule has 0 amide bonds. The summed E-state index contributed by atoms with van der Waals surface area (Å²) in [6.07, 6.45) is 0.963. The Morgan fingerprint density at radius 1 is 1.29 bits per heavy atom. The second-order valence-electron chi connectivity index (χ2n) is 3.11. The topological polar surface area (TPSA) is 82.1 Å². The third kappa shape index (κ3) is 17.6. The van der Waals surface area contributed by atoms with Crippen molar-refractivity contribution in [1.82, 2.24) is 4.90 Å². The predicted molar refractivity (Wildman–Crippen MR) is 62.6 cm³/mol. The van der Waals surface area contributed by atoms with Crippen molar-refractivity contribution in [2.24, 2.45) is 0 Å². The van der Waals surface area contributed by atoms with Crippen LogP contribution < -0.4 is 0 Å². The number of hydrogen-bond donors (Lipinski definition) is 0. The molecular weight excluding hydrogens is 250 g/mol. The lowest BCUT2D eigenvalue weighted by Crippen LogP contribution is -2.13. The van der Waals surface area contributed by atoms with E-state index in [9.17, 15) is 13.2 Å². The van der Waals surface area contributed by atoms with Crippen LogP contribution in [0.2, 0.25) is 0 Å². The van der Waals surface area contributed by atoms with Gasteiger partial charge in [-0.3, -0.25) is 4.18 Å². The first-order chi connectivity index (χ1) is 7.75. The van der Waals surface area contributed by atoms with Crippen molar-refractivity contribution < 1.29 is 26.3 Å². The van der Waals surface area contributed by atoms with Crippen molar-refractivity contribution in [3.8, 4) is 0 Å². The van der Waals surface area contributed by atoms with Crippen LogP contribution in [-0.4, -0.2) is 60.8 Å². The lowest BCUT2D eigenvalue weighted by atomic mass is 10.6. The van der Waals surface area contributed by atoms with Gasteiger partial charge in [-0.1, -0.05) is 6.58 Å². The van der Waals surface area contributed by atoms with Crippen molar-refractivity contribution in [3.63, 3.8) is 0 Å². The summed E-state index contributed by atoms with van der Waals surface area (Å²) < 4.78 is 33.6. The van der Waals surface area contributed by atoms with Crippen LogP contribution in [-0.2, 0) is 28.3 Å². The summed E-state index contributed by atoms with van der Waals surface area (Å²) in [7, 11) is 3.02. The average molecular weight is 269 g/mol. The van der Waals surface area contributed by atoms with Gasteiger partial charge in [0.1, 0.15) is 13.2 Å². The van der Waals surface area contributed by atoms with Gasteiger partial charge in [0.15, 0.2) is 0 Å². The van der Waals surface area contributed by atoms with Gasteiger partial charge in [-0.15, -0.1) is 0 Å². The molecule has 0 radical (unpaired) electrons. The fourth-order valence-corrected chi connectivity index (χ4v) is 0.754. The number of esters is 1. The molecule has 0 spiro atoms. The second kappa shape index (κ2) is 10.2. The predicted octanol–water partition coefficient (Wildman–Crippen LogP) is -0.199. The molecule has 0 heterocycles. The van der Waals surface area contributed by atoms with Crippen molar-refractivity contribution in [2.45, 2.75) is 0 Å². The molecule has 0 aliphatic carbocycles. The van der Waals surface area contributed by atoms with Gasteiger partial charge in [-0.25, -0.2) is 8.98 Å².